The molecule has 2 aromatic rings. The third kappa shape index (κ3) is 3.41. The van der Waals surface area contributed by atoms with Crippen LogP contribution in [0.1, 0.15) is 28.8 Å². The smallest absolute Gasteiger partial charge is 0.418 e. The van der Waals surface area contributed by atoms with Crippen molar-refractivity contribution < 1.29 is 32.3 Å². The van der Waals surface area contributed by atoms with Crippen molar-refractivity contribution in [2.75, 3.05) is 10.6 Å². The molecule has 2 saturated carbocycles. The molecule has 0 spiro atoms. The number of rotatable bonds is 4. The molecule has 32 heavy (non-hydrogen) atoms. The Morgan fingerprint density at radius 2 is 1.69 bits per heavy atom. The number of carbonyl (C=O) groups excluding carboxylic acids is 3. The van der Waals surface area contributed by atoms with Gasteiger partial charge in [0.05, 0.1) is 23.1 Å². The van der Waals surface area contributed by atoms with Gasteiger partial charge in [-0.25, -0.2) is 0 Å². The Morgan fingerprint density at radius 1 is 0.969 bits per heavy atom. The zero-order valence-electron chi connectivity index (χ0n) is 16.7. The number of nitrogens with one attached hydrogen (secondary N) is 2. The molecular weight excluding hydrogens is 425 g/mol. The lowest BCUT2D eigenvalue weighted by Gasteiger charge is -2.23. The maximum absolute atomic E-state index is 13.1. The Bertz CT molecular complexity index is 1100. The number of anilines is 2. The normalized spacial score (nSPS) is 27.8. The van der Waals surface area contributed by atoms with Gasteiger partial charge in [-0.15, -0.1) is 0 Å². The van der Waals surface area contributed by atoms with E-state index < -0.39 is 29.5 Å². The Hall–Kier alpha value is -3.36. The summed E-state index contributed by atoms with van der Waals surface area (Å²) in [6.45, 7) is 0. The monoisotopic (exact) mass is 444 g/mol. The van der Waals surface area contributed by atoms with Gasteiger partial charge in [-0.05, 0) is 55.2 Å². The topological polar surface area (TPSA) is 84.5 Å². The predicted octanol–water partition coefficient (Wildman–Crippen LogP) is 4.09. The third-order valence-electron chi connectivity index (χ3n) is 6.68. The maximum atomic E-state index is 13.1. The molecule has 2 aromatic carbocycles. The molecule has 5 atom stereocenters. The summed E-state index contributed by atoms with van der Waals surface area (Å²) in [4.78, 5) is 37.4. The van der Waals surface area contributed by atoms with E-state index in [4.69, 9.17) is 4.74 Å². The van der Waals surface area contributed by atoms with Gasteiger partial charge in [-0.2, -0.15) is 13.2 Å². The van der Waals surface area contributed by atoms with Crippen LogP contribution in [0.4, 0.5) is 24.5 Å². The van der Waals surface area contributed by atoms with Crippen molar-refractivity contribution in [2.24, 2.45) is 23.7 Å². The van der Waals surface area contributed by atoms with Crippen molar-refractivity contribution in [1.29, 1.82) is 0 Å². The van der Waals surface area contributed by atoms with Crippen LogP contribution in [0.25, 0.3) is 0 Å². The van der Waals surface area contributed by atoms with Gasteiger partial charge in [-0.3, -0.25) is 14.4 Å². The molecule has 2 bridgehead atoms. The van der Waals surface area contributed by atoms with Crippen LogP contribution in [0, 0.1) is 23.7 Å². The molecule has 1 aliphatic heterocycles. The Kier molecular flexibility index (Phi) is 4.72. The second kappa shape index (κ2) is 7.36. The Labute approximate surface area is 181 Å². The molecule has 3 fully saturated rings. The molecular formula is C23H19F3N2O4. The lowest BCUT2D eigenvalue weighted by molar-refractivity contribution is -0.145. The van der Waals surface area contributed by atoms with Gasteiger partial charge >= 0.3 is 12.1 Å². The minimum absolute atomic E-state index is 0.0539. The van der Waals surface area contributed by atoms with E-state index >= 15 is 0 Å². The van der Waals surface area contributed by atoms with E-state index in [9.17, 15) is 27.6 Å². The van der Waals surface area contributed by atoms with Crippen molar-refractivity contribution in [3.8, 4) is 0 Å². The first-order valence-electron chi connectivity index (χ1n) is 10.3. The van der Waals surface area contributed by atoms with Crippen LogP contribution < -0.4 is 10.6 Å². The number of fused-ring (bicyclic) bond motifs is 1. The summed E-state index contributed by atoms with van der Waals surface area (Å²) >= 11 is 0. The fraction of sp³-hybridized carbons (Fsp3) is 0.348. The molecule has 0 aromatic heterocycles. The molecule has 5 rings (SSSR count). The highest BCUT2D eigenvalue weighted by molar-refractivity contribution is 6.05. The molecule has 1 heterocycles. The highest BCUT2D eigenvalue weighted by atomic mass is 19.4. The number of halogens is 3. The SMILES string of the molecule is O=C(Nc1ccccc1C(F)(F)F)c1ccc(NC(=O)[C@@H]2[C@@H]3C[C@@H]4[C@@H]2C(=O)O[C@H]4C3)cc1. The van der Waals surface area contributed by atoms with Crippen LogP contribution >= 0.6 is 0 Å². The highest BCUT2D eigenvalue weighted by Crippen LogP contribution is 2.57. The summed E-state index contributed by atoms with van der Waals surface area (Å²) in [7, 11) is 0. The Balaban J connectivity index is 1.26. The Morgan fingerprint density at radius 3 is 2.41 bits per heavy atom. The first-order chi connectivity index (χ1) is 15.2. The fourth-order valence-corrected chi connectivity index (χ4v) is 5.33. The lowest BCUT2D eigenvalue weighted by Crippen LogP contribution is -2.35. The summed E-state index contributed by atoms with van der Waals surface area (Å²) in [5, 5.41) is 5.07. The number of para-hydroxylation sites is 1. The van der Waals surface area contributed by atoms with Crippen molar-refractivity contribution >= 4 is 29.2 Å². The number of esters is 1. The molecule has 3 aliphatic rings. The average molecular weight is 444 g/mol. The van der Waals surface area contributed by atoms with Crippen molar-refractivity contribution in [2.45, 2.75) is 25.1 Å². The van der Waals surface area contributed by atoms with E-state index in [1.807, 2.05) is 0 Å². The minimum Gasteiger partial charge on any atom is -0.462 e. The summed E-state index contributed by atoms with van der Waals surface area (Å²) < 4.78 is 44.7. The van der Waals surface area contributed by atoms with E-state index in [-0.39, 0.29) is 41.1 Å². The number of alkyl halides is 3. The van der Waals surface area contributed by atoms with Crippen molar-refractivity contribution in [3.63, 3.8) is 0 Å². The van der Waals surface area contributed by atoms with Gasteiger partial charge in [0.25, 0.3) is 5.91 Å². The lowest BCUT2D eigenvalue weighted by atomic mass is 9.79. The third-order valence-corrected chi connectivity index (χ3v) is 6.68. The molecule has 2 amide bonds. The number of hydrogen-bond donors (Lipinski definition) is 2. The largest absolute Gasteiger partial charge is 0.462 e. The van der Waals surface area contributed by atoms with Gasteiger partial charge in [0, 0.05) is 17.2 Å². The number of carbonyl (C=O) groups is 3. The first-order valence-corrected chi connectivity index (χ1v) is 10.3. The molecule has 1 saturated heterocycles. The second-order valence-corrected chi connectivity index (χ2v) is 8.49. The van der Waals surface area contributed by atoms with E-state index in [0.29, 0.717) is 12.1 Å². The van der Waals surface area contributed by atoms with E-state index in [2.05, 4.69) is 10.6 Å². The molecule has 0 radical (unpaired) electrons. The molecule has 2 aliphatic carbocycles. The predicted molar refractivity (Wildman–Crippen MR) is 108 cm³/mol. The zero-order valence-corrected chi connectivity index (χ0v) is 16.7. The van der Waals surface area contributed by atoms with Crippen LogP contribution in [0.15, 0.2) is 48.5 Å². The van der Waals surface area contributed by atoms with Crippen molar-refractivity contribution in [3.05, 3.63) is 59.7 Å². The van der Waals surface area contributed by atoms with Crippen LogP contribution in [0.2, 0.25) is 0 Å². The van der Waals surface area contributed by atoms with Gasteiger partial charge in [0.1, 0.15) is 6.10 Å². The highest BCUT2D eigenvalue weighted by Gasteiger charge is 2.63. The number of ether oxygens (including phenoxy) is 1. The standard InChI is InChI=1S/C23H19F3N2O4/c24-23(25,26)15-3-1-2-4-16(15)28-20(29)11-5-7-13(8-6-11)27-21(30)18-12-9-14-17(10-12)32-22(31)19(14)18/h1-8,12,14,17-19H,9-10H2,(H,27,30)(H,28,29)/t12-,14+,17+,18-,19+/m1/s1. The van der Waals surface area contributed by atoms with Gasteiger partial charge in [-0.1, -0.05) is 12.1 Å². The molecule has 0 unspecified atom stereocenters. The van der Waals surface area contributed by atoms with Crippen LogP contribution in [0.3, 0.4) is 0 Å². The van der Waals surface area contributed by atoms with Crippen LogP contribution in [0.5, 0.6) is 0 Å². The summed E-state index contributed by atoms with van der Waals surface area (Å²) in [6.07, 6.45) is -3.12. The van der Waals surface area contributed by atoms with Gasteiger partial charge in [0.15, 0.2) is 0 Å². The number of amides is 2. The van der Waals surface area contributed by atoms with E-state index in [1.165, 1.54) is 42.5 Å². The minimum atomic E-state index is -4.59. The second-order valence-electron chi connectivity index (χ2n) is 8.49. The number of benzene rings is 2. The van der Waals surface area contributed by atoms with Gasteiger partial charge < -0.3 is 15.4 Å². The van der Waals surface area contributed by atoms with Crippen LogP contribution in [-0.4, -0.2) is 23.9 Å². The van der Waals surface area contributed by atoms with Crippen molar-refractivity contribution in [1.82, 2.24) is 0 Å². The summed E-state index contributed by atoms with van der Waals surface area (Å²) in [5.74, 6) is -1.82. The average Bonchev–Trinajstić information content (AvgIpc) is 3.36. The summed E-state index contributed by atoms with van der Waals surface area (Å²) in [6, 6.07) is 10.6. The van der Waals surface area contributed by atoms with Crippen LogP contribution in [-0.2, 0) is 20.5 Å². The maximum Gasteiger partial charge on any atom is 0.418 e. The zero-order chi connectivity index (χ0) is 22.6. The number of hydrogen-bond acceptors (Lipinski definition) is 4. The fourth-order valence-electron chi connectivity index (χ4n) is 5.33. The molecule has 6 nitrogen and oxygen atoms in total. The van der Waals surface area contributed by atoms with E-state index in [0.717, 1.165) is 12.5 Å². The quantitative estimate of drug-likeness (QED) is 0.696. The first kappa shape index (κ1) is 20.5. The van der Waals surface area contributed by atoms with Gasteiger partial charge in [0.2, 0.25) is 5.91 Å². The molecule has 166 valence electrons. The molecule has 2 N–H and O–H groups in total. The molecule has 9 heteroatoms. The summed E-state index contributed by atoms with van der Waals surface area (Å²) in [5.41, 5.74) is -0.689. The van der Waals surface area contributed by atoms with E-state index in [1.54, 1.807) is 0 Å².